The number of hydrogen-bond acceptors (Lipinski definition) is 2. The predicted octanol–water partition coefficient (Wildman–Crippen LogP) is 4.06. The van der Waals surface area contributed by atoms with Crippen molar-refractivity contribution in [2.45, 2.75) is 77.7 Å². The molecule has 1 N–H and O–H groups in total. The monoisotopic (exact) mass is 268 g/mol. The third-order valence-electron chi connectivity index (χ3n) is 4.46. The van der Waals surface area contributed by atoms with E-state index in [1.165, 1.54) is 77.4 Å². The van der Waals surface area contributed by atoms with Gasteiger partial charge in [-0.2, -0.15) is 0 Å². The first-order valence-electron chi connectivity index (χ1n) is 8.62. The minimum Gasteiger partial charge on any atom is -0.320 e. The molecule has 0 aromatic carbocycles. The summed E-state index contributed by atoms with van der Waals surface area (Å²) in [6.45, 7) is 8.56. The first-order chi connectivity index (χ1) is 9.24. The van der Waals surface area contributed by atoms with Gasteiger partial charge in [0.15, 0.2) is 0 Å². The third kappa shape index (κ3) is 7.94. The zero-order chi connectivity index (χ0) is 13.9. The smallest absolute Gasteiger partial charge is 0.00952 e. The van der Waals surface area contributed by atoms with E-state index in [-0.39, 0.29) is 0 Å². The van der Waals surface area contributed by atoms with Crippen LogP contribution in [-0.2, 0) is 0 Å². The molecular weight excluding hydrogens is 232 g/mol. The van der Waals surface area contributed by atoms with Gasteiger partial charge in [0.25, 0.3) is 0 Å². The van der Waals surface area contributed by atoms with Crippen LogP contribution in [0.5, 0.6) is 0 Å². The number of nitrogens with one attached hydrogen (secondary N) is 1. The Hall–Kier alpha value is -0.0800. The number of nitrogens with zero attached hydrogens (tertiary/aromatic N) is 1. The Morgan fingerprint density at radius 3 is 2.32 bits per heavy atom. The van der Waals surface area contributed by atoms with Crippen molar-refractivity contribution < 1.29 is 0 Å². The van der Waals surface area contributed by atoms with Crippen LogP contribution in [0.2, 0.25) is 0 Å². The largest absolute Gasteiger partial charge is 0.320 e. The Labute approximate surface area is 121 Å². The van der Waals surface area contributed by atoms with E-state index in [1.54, 1.807) is 0 Å². The zero-order valence-electron chi connectivity index (χ0n) is 13.6. The van der Waals surface area contributed by atoms with Crippen LogP contribution in [0, 0.1) is 5.92 Å². The molecule has 2 nitrogen and oxygen atoms in total. The van der Waals surface area contributed by atoms with Crippen molar-refractivity contribution in [1.82, 2.24) is 10.2 Å². The molecule has 1 fully saturated rings. The van der Waals surface area contributed by atoms with Gasteiger partial charge in [-0.3, -0.25) is 0 Å². The minimum absolute atomic E-state index is 0.847. The van der Waals surface area contributed by atoms with E-state index in [9.17, 15) is 0 Å². The number of unbranched alkanes of at least 4 members (excludes halogenated alkanes) is 3. The maximum Gasteiger partial charge on any atom is 0.00952 e. The lowest BCUT2D eigenvalue weighted by Gasteiger charge is -2.29. The van der Waals surface area contributed by atoms with E-state index in [1.807, 2.05) is 7.05 Å². The average molecular weight is 268 g/mol. The van der Waals surface area contributed by atoms with Crippen LogP contribution in [0.4, 0.5) is 0 Å². The predicted molar refractivity (Wildman–Crippen MR) is 85.7 cm³/mol. The molecule has 19 heavy (non-hydrogen) atoms. The Balaban J connectivity index is 2.16. The van der Waals surface area contributed by atoms with Crippen molar-refractivity contribution in [2.75, 3.05) is 26.7 Å². The van der Waals surface area contributed by atoms with Gasteiger partial charge < -0.3 is 10.2 Å². The minimum atomic E-state index is 0.847. The summed E-state index contributed by atoms with van der Waals surface area (Å²) in [5, 5.41) is 3.23. The van der Waals surface area contributed by atoms with Gasteiger partial charge in [0.2, 0.25) is 0 Å². The SMILES string of the molecule is CNCCCCCCN(CCC(C)C)C1CCCC1. The Morgan fingerprint density at radius 2 is 1.68 bits per heavy atom. The molecule has 2 heteroatoms. The summed E-state index contributed by atoms with van der Waals surface area (Å²) in [4.78, 5) is 2.81. The highest BCUT2D eigenvalue weighted by molar-refractivity contribution is 4.77. The Kier molecular flexibility index (Phi) is 9.54. The summed E-state index contributed by atoms with van der Waals surface area (Å²) in [5.41, 5.74) is 0. The molecule has 0 aliphatic heterocycles. The van der Waals surface area contributed by atoms with Gasteiger partial charge in [0.1, 0.15) is 0 Å². The average Bonchev–Trinajstić information content (AvgIpc) is 2.90. The quantitative estimate of drug-likeness (QED) is 0.569. The molecule has 0 aromatic heterocycles. The van der Waals surface area contributed by atoms with Crippen molar-refractivity contribution in [3.8, 4) is 0 Å². The lowest BCUT2D eigenvalue weighted by atomic mass is 10.1. The van der Waals surface area contributed by atoms with Gasteiger partial charge in [0, 0.05) is 6.04 Å². The van der Waals surface area contributed by atoms with Gasteiger partial charge in [-0.1, -0.05) is 39.5 Å². The van der Waals surface area contributed by atoms with Crippen molar-refractivity contribution in [3.05, 3.63) is 0 Å². The van der Waals surface area contributed by atoms with Crippen LogP contribution < -0.4 is 5.32 Å². The maximum absolute atomic E-state index is 3.23. The topological polar surface area (TPSA) is 15.3 Å². The molecule has 1 aliphatic rings. The van der Waals surface area contributed by atoms with E-state index in [2.05, 4.69) is 24.1 Å². The summed E-state index contributed by atoms with van der Waals surface area (Å²) in [6, 6.07) is 0.913. The van der Waals surface area contributed by atoms with E-state index >= 15 is 0 Å². The van der Waals surface area contributed by atoms with Gasteiger partial charge in [0.05, 0.1) is 0 Å². The molecular formula is C17H36N2. The molecule has 1 rings (SSSR count). The van der Waals surface area contributed by atoms with Crippen LogP contribution in [0.25, 0.3) is 0 Å². The van der Waals surface area contributed by atoms with E-state index in [0.29, 0.717) is 0 Å². The van der Waals surface area contributed by atoms with Crippen molar-refractivity contribution in [2.24, 2.45) is 5.92 Å². The molecule has 0 amide bonds. The molecule has 0 radical (unpaired) electrons. The van der Waals surface area contributed by atoms with Gasteiger partial charge in [-0.15, -0.1) is 0 Å². The fourth-order valence-electron chi connectivity index (χ4n) is 3.14. The zero-order valence-corrected chi connectivity index (χ0v) is 13.6. The normalized spacial score (nSPS) is 16.9. The highest BCUT2D eigenvalue weighted by atomic mass is 15.2. The lowest BCUT2D eigenvalue weighted by Crippen LogP contribution is -2.35. The second-order valence-electron chi connectivity index (χ2n) is 6.67. The molecule has 0 unspecified atom stereocenters. The summed E-state index contributed by atoms with van der Waals surface area (Å²) in [5.74, 6) is 0.847. The highest BCUT2D eigenvalue weighted by Crippen LogP contribution is 2.24. The molecule has 0 spiro atoms. The number of rotatable bonds is 11. The standard InChI is InChI=1S/C17H36N2/c1-16(2)12-15-19(17-10-6-7-11-17)14-9-5-4-8-13-18-3/h16-18H,4-15H2,1-3H3. The van der Waals surface area contributed by atoms with E-state index < -0.39 is 0 Å². The van der Waals surface area contributed by atoms with Crippen LogP contribution in [0.3, 0.4) is 0 Å². The second kappa shape index (κ2) is 10.7. The molecule has 0 bridgehead atoms. The highest BCUT2D eigenvalue weighted by Gasteiger charge is 2.21. The fraction of sp³-hybridized carbons (Fsp3) is 1.00. The van der Waals surface area contributed by atoms with Crippen LogP contribution >= 0.6 is 0 Å². The third-order valence-corrected chi connectivity index (χ3v) is 4.46. The molecule has 114 valence electrons. The molecule has 0 heterocycles. The molecule has 0 aromatic rings. The molecule has 1 aliphatic carbocycles. The number of hydrogen-bond donors (Lipinski definition) is 1. The van der Waals surface area contributed by atoms with E-state index in [0.717, 1.165) is 12.0 Å². The van der Waals surface area contributed by atoms with Crippen LogP contribution in [-0.4, -0.2) is 37.6 Å². The molecule has 1 saturated carbocycles. The summed E-state index contributed by atoms with van der Waals surface area (Å²) < 4.78 is 0. The Bertz CT molecular complexity index is 197. The Morgan fingerprint density at radius 1 is 1.00 bits per heavy atom. The van der Waals surface area contributed by atoms with Gasteiger partial charge in [-0.25, -0.2) is 0 Å². The van der Waals surface area contributed by atoms with Crippen LogP contribution in [0.15, 0.2) is 0 Å². The first kappa shape index (κ1) is 17.0. The summed E-state index contributed by atoms with van der Waals surface area (Å²) in [6.07, 6.45) is 12.8. The fourth-order valence-corrected chi connectivity index (χ4v) is 3.14. The lowest BCUT2D eigenvalue weighted by molar-refractivity contribution is 0.184. The van der Waals surface area contributed by atoms with Gasteiger partial charge >= 0.3 is 0 Å². The van der Waals surface area contributed by atoms with E-state index in [4.69, 9.17) is 0 Å². The van der Waals surface area contributed by atoms with Gasteiger partial charge in [-0.05, 0) is 64.7 Å². The second-order valence-corrected chi connectivity index (χ2v) is 6.67. The first-order valence-corrected chi connectivity index (χ1v) is 8.62. The summed E-state index contributed by atoms with van der Waals surface area (Å²) in [7, 11) is 2.05. The molecule has 0 atom stereocenters. The maximum atomic E-state index is 3.23. The van der Waals surface area contributed by atoms with Crippen molar-refractivity contribution in [1.29, 1.82) is 0 Å². The van der Waals surface area contributed by atoms with Crippen molar-refractivity contribution in [3.63, 3.8) is 0 Å². The summed E-state index contributed by atoms with van der Waals surface area (Å²) >= 11 is 0. The molecule has 0 saturated heterocycles. The van der Waals surface area contributed by atoms with Crippen LogP contribution in [0.1, 0.15) is 71.6 Å². The van der Waals surface area contributed by atoms with Crippen molar-refractivity contribution >= 4 is 0 Å².